The zero-order chi connectivity index (χ0) is 14.4. The molecule has 3 heteroatoms. The summed E-state index contributed by atoms with van der Waals surface area (Å²) in [7, 11) is 0. The minimum Gasteiger partial charge on any atom is -0.309 e. The van der Waals surface area contributed by atoms with Crippen LogP contribution in [0.15, 0.2) is 53.3 Å². The van der Waals surface area contributed by atoms with Crippen LogP contribution in [0.3, 0.4) is 0 Å². The first-order valence-corrected chi connectivity index (χ1v) is 7.91. The van der Waals surface area contributed by atoms with Crippen molar-refractivity contribution in [1.82, 2.24) is 10.3 Å². The van der Waals surface area contributed by atoms with Crippen molar-refractivity contribution in [3.05, 3.63) is 64.4 Å². The van der Waals surface area contributed by atoms with Crippen LogP contribution in [0.4, 0.5) is 0 Å². The summed E-state index contributed by atoms with van der Waals surface area (Å²) in [4.78, 5) is 4.11. The Morgan fingerprint density at radius 3 is 2.50 bits per heavy atom. The Bertz CT molecular complexity index is 528. The van der Waals surface area contributed by atoms with Crippen LogP contribution < -0.4 is 5.32 Å². The molecule has 0 aliphatic rings. The number of halogens is 1. The predicted octanol–water partition coefficient (Wildman–Crippen LogP) is 4.69. The Morgan fingerprint density at radius 1 is 1.15 bits per heavy atom. The maximum atomic E-state index is 4.11. The number of benzene rings is 1. The Labute approximate surface area is 129 Å². The summed E-state index contributed by atoms with van der Waals surface area (Å²) in [5, 5.41) is 3.67. The second-order valence-corrected chi connectivity index (χ2v) is 5.88. The summed E-state index contributed by atoms with van der Waals surface area (Å²) in [6, 6.07) is 12.9. The Balaban J connectivity index is 2.30. The fourth-order valence-corrected chi connectivity index (χ4v) is 2.97. The molecule has 0 fully saturated rings. The lowest BCUT2D eigenvalue weighted by atomic mass is 9.89. The van der Waals surface area contributed by atoms with Gasteiger partial charge in [-0.25, -0.2) is 0 Å². The SMILES string of the molecule is CCCNC(c1ccccc1Br)C(C)c1ccncc1. The summed E-state index contributed by atoms with van der Waals surface area (Å²) in [5.41, 5.74) is 2.62. The molecule has 2 nitrogen and oxygen atoms in total. The highest BCUT2D eigenvalue weighted by molar-refractivity contribution is 9.10. The molecule has 1 heterocycles. The van der Waals surface area contributed by atoms with E-state index in [0.29, 0.717) is 12.0 Å². The van der Waals surface area contributed by atoms with Crippen LogP contribution in [0.1, 0.15) is 43.4 Å². The maximum Gasteiger partial charge on any atom is 0.0398 e. The van der Waals surface area contributed by atoms with Gasteiger partial charge in [0.1, 0.15) is 0 Å². The molecule has 106 valence electrons. The number of nitrogens with zero attached hydrogens (tertiary/aromatic N) is 1. The smallest absolute Gasteiger partial charge is 0.0398 e. The van der Waals surface area contributed by atoms with E-state index in [2.05, 4.69) is 76.5 Å². The van der Waals surface area contributed by atoms with Crippen molar-refractivity contribution < 1.29 is 0 Å². The minimum absolute atomic E-state index is 0.299. The first kappa shape index (κ1) is 15.2. The van der Waals surface area contributed by atoms with Gasteiger partial charge in [0.05, 0.1) is 0 Å². The van der Waals surface area contributed by atoms with E-state index < -0.39 is 0 Å². The number of aromatic nitrogens is 1. The second kappa shape index (κ2) is 7.55. The fraction of sp³-hybridized carbons (Fsp3) is 0.353. The summed E-state index contributed by atoms with van der Waals surface area (Å²) in [6.07, 6.45) is 4.86. The van der Waals surface area contributed by atoms with Crippen LogP contribution in [-0.2, 0) is 0 Å². The molecule has 2 rings (SSSR count). The summed E-state index contributed by atoms with van der Waals surface area (Å²) >= 11 is 3.68. The number of pyridine rings is 1. The van der Waals surface area contributed by atoms with E-state index in [1.807, 2.05) is 12.4 Å². The van der Waals surface area contributed by atoms with Crippen molar-refractivity contribution >= 4 is 15.9 Å². The van der Waals surface area contributed by atoms with Crippen LogP contribution in [0.25, 0.3) is 0 Å². The second-order valence-electron chi connectivity index (χ2n) is 5.02. The van der Waals surface area contributed by atoms with Gasteiger partial charge >= 0.3 is 0 Å². The maximum absolute atomic E-state index is 4.11. The predicted molar refractivity (Wildman–Crippen MR) is 87.8 cm³/mol. The Hall–Kier alpha value is -1.19. The average molecular weight is 333 g/mol. The molecule has 2 aromatic rings. The van der Waals surface area contributed by atoms with Crippen molar-refractivity contribution in [2.75, 3.05) is 6.54 Å². The van der Waals surface area contributed by atoms with Gasteiger partial charge in [0, 0.05) is 28.8 Å². The van der Waals surface area contributed by atoms with Gasteiger partial charge in [0.25, 0.3) is 0 Å². The van der Waals surface area contributed by atoms with E-state index in [0.717, 1.165) is 17.4 Å². The third-order valence-electron chi connectivity index (χ3n) is 3.59. The lowest BCUT2D eigenvalue weighted by Gasteiger charge is -2.27. The van der Waals surface area contributed by atoms with Crippen LogP contribution in [-0.4, -0.2) is 11.5 Å². The average Bonchev–Trinajstić information content (AvgIpc) is 2.50. The van der Waals surface area contributed by atoms with E-state index in [-0.39, 0.29) is 0 Å². The molecule has 0 aliphatic carbocycles. The Kier molecular flexibility index (Phi) is 5.74. The molecule has 0 aliphatic heterocycles. The molecule has 1 aromatic carbocycles. The normalized spacial score (nSPS) is 13.9. The third kappa shape index (κ3) is 3.68. The number of hydrogen-bond acceptors (Lipinski definition) is 2. The van der Waals surface area contributed by atoms with Crippen LogP contribution in [0, 0.1) is 0 Å². The van der Waals surface area contributed by atoms with E-state index in [1.165, 1.54) is 11.1 Å². The molecule has 0 bridgehead atoms. The van der Waals surface area contributed by atoms with Crippen molar-refractivity contribution in [2.24, 2.45) is 0 Å². The molecule has 1 N–H and O–H groups in total. The number of rotatable bonds is 6. The highest BCUT2D eigenvalue weighted by Crippen LogP contribution is 2.34. The molecular weight excluding hydrogens is 312 g/mol. The molecule has 2 atom stereocenters. The zero-order valence-corrected chi connectivity index (χ0v) is 13.6. The van der Waals surface area contributed by atoms with Crippen molar-refractivity contribution in [3.8, 4) is 0 Å². The number of hydrogen-bond donors (Lipinski definition) is 1. The summed E-state index contributed by atoms with van der Waals surface area (Å²) < 4.78 is 1.16. The van der Waals surface area contributed by atoms with Gasteiger partial charge in [0.2, 0.25) is 0 Å². The molecule has 2 unspecified atom stereocenters. The molecule has 20 heavy (non-hydrogen) atoms. The Morgan fingerprint density at radius 2 is 1.85 bits per heavy atom. The van der Waals surface area contributed by atoms with Gasteiger partial charge in [-0.15, -0.1) is 0 Å². The van der Waals surface area contributed by atoms with E-state index >= 15 is 0 Å². The molecule has 1 aromatic heterocycles. The first-order chi connectivity index (χ1) is 9.74. The van der Waals surface area contributed by atoms with Crippen LogP contribution >= 0.6 is 15.9 Å². The number of nitrogens with one attached hydrogen (secondary N) is 1. The quantitative estimate of drug-likeness (QED) is 0.830. The van der Waals surface area contributed by atoms with Gasteiger partial charge in [-0.3, -0.25) is 4.98 Å². The summed E-state index contributed by atoms with van der Waals surface area (Å²) in [6.45, 7) is 5.48. The zero-order valence-electron chi connectivity index (χ0n) is 12.0. The molecule has 0 saturated heterocycles. The monoisotopic (exact) mass is 332 g/mol. The van der Waals surface area contributed by atoms with Crippen molar-refractivity contribution in [1.29, 1.82) is 0 Å². The van der Waals surface area contributed by atoms with E-state index in [9.17, 15) is 0 Å². The van der Waals surface area contributed by atoms with Gasteiger partial charge in [-0.2, -0.15) is 0 Å². The lowest BCUT2D eigenvalue weighted by Crippen LogP contribution is -2.27. The van der Waals surface area contributed by atoms with E-state index in [4.69, 9.17) is 0 Å². The standard InChI is InChI=1S/C17H21BrN2/c1-3-10-20-17(15-6-4-5-7-16(15)18)13(2)14-8-11-19-12-9-14/h4-9,11-13,17,20H,3,10H2,1-2H3. The van der Waals surface area contributed by atoms with Crippen LogP contribution in [0.2, 0.25) is 0 Å². The molecule has 0 radical (unpaired) electrons. The summed E-state index contributed by atoms with van der Waals surface area (Å²) in [5.74, 6) is 0.392. The van der Waals surface area contributed by atoms with Gasteiger partial charge < -0.3 is 5.32 Å². The van der Waals surface area contributed by atoms with Gasteiger partial charge in [-0.1, -0.05) is 48.0 Å². The lowest BCUT2D eigenvalue weighted by molar-refractivity contribution is 0.465. The topological polar surface area (TPSA) is 24.9 Å². The van der Waals surface area contributed by atoms with Crippen molar-refractivity contribution in [2.45, 2.75) is 32.2 Å². The first-order valence-electron chi connectivity index (χ1n) is 7.11. The highest BCUT2D eigenvalue weighted by Gasteiger charge is 2.21. The van der Waals surface area contributed by atoms with E-state index in [1.54, 1.807) is 0 Å². The third-order valence-corrected chi connectivity index (χ3v) is 4.31. The molecule has 0 amide bonds. The molecular formula is C17H21BrN2. The fourth-order valence-electron chi connectivity index (χ4n) is 2.44. The highest BCUT2D eigenvalue weighted by atomic mass is 79.9. The van der Waals surface area contributed by atoms with Gasteiger partial charge in [-0.05, 0) is 42.3 Å². The largest absolute Gasteiger partial charge is 0.309 e. The molecule has 0 spiro atoms. The minimum atomic E-state index is 0.299. The van der Waals surface area contributed by atoms with Gasteiger partial charge in [0.15, 0.2) is 0 Å². The van der Waals surface area contributed by atoms with Crippen molar-refractivity contribution in [3.63, 3.8) is 0 Å². The van der Waals surface area contributed by atoms with Crippen LogP contribution in [0.5, 0.6) is 0 Å². The molecule has 0 saturated carbocycles.